The number of rotatable bonds is 3. The number of oxime groups is 1. The fraction of sp³-hybridized carbons (Fsp3) is 0.364. The monoisotopic (exact) mass is 275 g/mol. The van der Waals surface area contributed by atoms with Gasteiger partial charge in [-0.2, -0.15) is 0 Å². The quantitative estimate of drug-likeness (QED) is 0.830. The van der Waals surface area contributed by atoms with Crippen LogP contribution in [0.15, 0.2) is 23.4 Å². The maximum atomic E-state index is 8.97. The molecule has 1 aliphatic heterocycles. The molecule has 0 spiro atoms. The van der Waals surface area contributed by atoms with E-state index in [9.17, 15) is 0 Å². The lowest BCUT2D eigenvalue weighted by atomic mass is 9.95. The summed E-state index contributed by atoms with van der Waals surface area (Å²) in [5.74, 6) is -0.146. The summed E-state index contributed by atoms with van der Waals surface area (Å²) in [5.41, 5.74) is 1.44. The topological polar surface area (TPSA) is 62.0 Å². The van der Waals surface area contributed by atoms with E-state index in [-0.39, 0.29) is 12.3 Å². The molecule has 92 valence electrons. The fourth-order valence-corrected chi connectivity index (χ4v) is 2.03. The smallest absolute Gasteiger partial charge is 0.152 e. The van der Waals surface area contributed by atoms with Crippen molar-refractivity contribution in [2.75, 3.05) is 6.61 Å². The highest BCUT2D eigenvalue weighted by Gasteiger charge is 2.26. The van der Waals surface area contributed by atoms with Gasteiger partial charge in [0.15, 0.2) is 6.29 Å². The first-order valence-electron chi connectivity index (χ1n) is 5.09. The normalized spacial score (nSPS) is 19.4. The Morgan fingerprint density at radius 3 is 2.76 bits per heavy atom. The van der Waals surface area contributed by atoms with Gasteiger partial charge in [-0.15, -0.1) is 0 Å². The minimum absolute atomic E-state index is 0.146. The maximum Gasteiger partial charge on any atom is 0.152 e. The third-order valence-electron chi connectivity index (χ3n) is 2.54. The highest BCUT2D eigenvalue weighted by Crippen LogP contribution is 2.27. The SMILES string of the molecule is OC(O)CC1CON=C1c1ccc(Cl)c(Cl)c1. The second kappa shape index (κ2) is 5.23. The first kappa shape index (κ1) is 12.6. The molecule has 1 aliphatic rings. The summed E-state index contributed by atoms with van der Waals surface area (Å²) < 4.78 is 0. The largest absolute Gasteiger partial charge is 0.395 e. The standard InChI is InChI=1S/C11H11Cl2NO3/c12-8-2-1-6(3-9(8)13)11-7(4-10(15)16)5-17-14-11/h1-3,7,10,15-16H,4-5H2. The Kier molecular flexibility index (Phi) is 3.89. The zero-order valence-corrected chi connectivity index (χ0v) is 10.3. The Morgan fingerprint density at radius 2 is 2.12 bits per heavy atom. The van der Waals surface area contributed by atoms with Crippen LogP contribution in [0, 0.1) is 5.92 Å². The van der Waals surface area contributed by atoms with Gasteiger partial charge in [0.25, 0.3) is 0 Å². The van der Waals surface area contributed by atoms with Crippen LogP contribution in [0.4, 0.5) is 0 Å². The van der Waals surface area contributed by atoms with Crippen LogP contribution in [-0.2, 0) is 4.84 Å². The van der Waals surface area contributed by atoms with Gasteiger partial charge >= 0.3 is 0 Å². The van der Waals surface area contributed by atoms with E-state index in [1.54, 1.807) is 18.2 Å². The second-order valence-corrected chi connectivity index (χ2v) is 4.63. The number of aliphatic hydroxyl groups is 2. The lowest BCUT2D eigenvalue weighted by molar-refractivity contribution is -0.0538. The van der Waals surface area contributed by atoms with E-state index in [0.29, 0.717) is 22.4 Å². The number of benzene rings is 1. The number of nitrogens with zero attached hydrogens (tertiary/aromatic N) is 1. The van der Waals surface area contributed by atoms with Gasteiger partial charge in [-0.1, -0.05) is 34.4 Å². The van der Waals surface area contributed by atoms with Crippen molar-refractivity contribution in [1.82, 2.24) is 0 Å². The van der Waals surface area contributed by atoms with E-state index in [0.717, 1.165) is 5.56 Å². The summed E-state index contributed by atoms with van der Waals surface area (Å²) >= 11 is 11.7. The van der Waals surface area contributed by atoms with Crippen molar-refractivity contribution >= 4 is 28.9 Å². The van der Waals surface area contributed by atoms with Crippen LogP contribution < -0.4 is 0 Å². The average molecular weight is 276 g/mol. The molecule has 1 atom stereocenters. The van der Waals surface area contributed by atoms with E-state index < -0.39 is 6.29 Å². The lowest BCUT2D eigenvalue weighted by Gasteiger charge is -2.12. The molecule has 4 nitrogen and oxygen atoms in total. The maximum absolute atomic E-state index is 8.97. The van der Waals surface area contributed by atoms with Crippen LogP contribution in [0.25, 0.3) is 0 Å². The molecular weight excluding hydrogens is 265 g/mol. The second-order valence-electron chi connectivity index (χ2n) is 3.81. The molecule has 1 aromatic carbocycles. The van der Waals surface area contributed by atoms with E-state index in [2.05, 4.69) is 5.16 Å². The molecule has 2 N–H and O–H groups in total. The van der Waals surface area contributed by atoms with Crippen molar-refractivity contribution in [2.45, 2.75) is 12.7 Å². The van der Waals surface area contributed by atoms with Gasteiger partial charge in [0.05, 0.1) is 15.8 Å². The molecule has 0 saturated heterocycles. The van der Waals surface area contributed by atoms with Gasteiger partial charge in [-0.25, -0.2) is 0 Å². The zero-order chi connectivity index (χ0) is 12.4. The summed E-state index contributed by atoms with van der Waals surface area (Å²) in [6.45, 7) is 0.340. The molecule has 0 fully saturated rings. The molecule has 0 aliphatic carbocycles. The Bertz CT molecular complexity index is 448. The zero-order valence-electron chi connectivity index (χ0n) is 8.81. The summed E-state index contributed by atoms with van der Waals surface area (Å²) in [4.78, 5) is 4.98. The van der Waals surface area contributed by atoms with Crippen molar-refractivity contribution in [1.29, 1.82) is 0 Å². The molecule has 0 radical (unpaired) electrons. The van der Waals surface area contributed by atoms with Crippen molar-refractivity contribution < 1.29 is 15.1 Å². The number of halogens is 2. The molecule has 0 aromatic heterocycles. The predicted octanol–water partition coefficient (Wildman–Crippen LogP) is 2.04. The Labute approximate surface area is 108 Å². The first-order valence-corrected chi connectivity index (χ1v) is 5.85. The predicted molar refractivity (Wildman–Crippen MR) is 65.3 cm³/mol. The van der Waals surface area contributed by atoms with Crippen LogP contribution in [0.1, 0.15) is 12.0 Å². The number of hydrogen-bond acceptors (Lipinski definition) is 4. The van der Waals surface area contributed by atoms with Crippen molar-refractivity contribution in [3.8, 4) is 0 Å². The third-order valence-corrected chi connectivity index (χ3v) is 3.28. The van der Waals surface area contributed by atoms with Gasteiger partial charge in [0.1, 0.15) is 6.61 Å². The van der Waals surface area contributed by atoms with Crippen LogP contribution in [0.2, 0.25) is 10.0 Å². The third kappa shape index (κ3) is 2.90. The fourth-order valence-electron chi connectivity index (χ4n) is 1.73. The van der Waals surface area contributed by atoms with Gasteiger partial charge in [0.2, 0.25) is 0 Å². The average Bonchev–Trinajstić information content (AvgIpc) is 2.69. The number of hydrogen-bond donors (Lipinski definition) is 2. The molecule has 0 amide bonds. The molecule has 1 heterocycles. The highest BCUT2D eigenvalue weighted by atomic mass is 35.5. The van der Waals surface area contributed by atoms with E-state index in [1.807, 2.05) is 0 Å². The van der Waals surface area contributed by atoms with Crippen LogP contribution >= 0.6 is 23.2 Å². The van der Waals surface area contributed by atoms with E-state index in [1.165, 1.54) is 0 Å². The Hall–Kier alpha value is -0.810. The summed E-state index contributed by atoms with van der Waals surface area (Å²) in [6, 6.07) is 5.14. The van der Waals surface area contributed by atoms with Gasteiger partial charge < -0.3 is 15.1 Å². The molecule has 0 saturated carbocycles. The Balaban J connectivity index is 2.23. The molecule has 2 rings (SSSR count). The van der Waals surface area contributed by atoms with Crippen LogP contribution in [-0.4, -0.2) is 28.8 Å². The Morgan fingerprint density at radius 1 is 1.35 bits per heavy atom. The van der Waals surface area contributed by atoms with Crippen molar-refractivity contribution in [2.24, 2.45) is 11.1 Å². The molecular formula is C11H11Cl2NO3. The summed E-state index contributed by atoms with van der Waals surface area (Å²) in [6.07, 6.45) is -1.20. The van der Waals surface area contributed by atoms with Crippen LogP contribution in [0.5, 0.6) is 0 Å². The number of aliphatic hydroxyl groups excluding tert-OH is 1. The van der Waals surface area contributed by atoms with Crippen molar-refractivity contribution in [3.63, 3.8) is 0 Å². The van der Waals surface area contributed by atoms with E-state index >= 15 is 0 Å². The van der Waals surface area contributed by atoms with Gasteiger partial charge in [0, 0.05) is 17.9 Å². The molecule has 0 bridgehead atoms. The highest BCUT2D eigenvalue weighted by molar-refractivity contribution is 6.42. The summed E-state index contributed by atoms with van der Waals surface area (Å²) in [5, 5.41) is 22.8. The minimum atomic E-state index is -1.38. The van der Waals surface area contributed by atoms with E-state index in [4.69, 9.17) is 38.3 Å². The van der Waals surface area contributed by atoms with Gasteiger partial charge in [-0.3, -0.25) is 0 Å². The summed E-state index contributed by atoms with van der Waals surface area (Å²) in [7, 11) is 0. The molecule has 6 heteroatoms. The molecule has 17 heavy (non-hydrogen) atoms. The molecule has 1 aromatic rings. The van der Waals surface area contributed by atoms with Gasteiger partial charge in [-0.05, 0) is 12.1 Å². The minimum Gasteiger partial charge on any atom is -0.395 e. The van der Waals surface area contributed by atoms with Crippen molar-refractivity contribution in [3.05, 3.63) is 33.8 Å². The molecule has 1 unspecified atom stereocenters. The van der Waals surface area contributed by atoms with Crippen LogP contribution in [0.3, 0.4) is 0 Å². The first-order chi connectivity index (χ1) is 8.08. The lowest BCUT2D eigenvalue weighted by Crippen LogP contribution is -2.21.